The largest absolute Gasteiger partial charge is 0.493 e. The maximum Gasteiger partial charge on any atom is 0.179 e. The van der Waals surface area contributed by atoms with Crippen molar-refractivity contribution in [3.05, 3.63) is 58.4 Å². The van der Waals surface area contributed by atoms with Crippen LogP contribution in [0.5, 0.6) is 11.5 Å². The standard InChI is InChI=1S/C24H32ClFN2O2/c1-27(16-19-13-21(25)24(30-3)23(14-19)29-2)15-18-7-6-11-28(17-18)12-10-20-8-4-5-9-22(20)26/h4-5,8-9,13-14,18H,6-7,10-12,15-17H2,1-3H3/t18-/m0/s1. The normalized spacial score (nSPS) is 17.3. The SMILES string of the molecule is COc1cc(CN(C)C[C@@H]2CCCN(CCc3ccccc3F)C2)cc(Cl)c1OC. The number of likely N-dealkylation sites (tertiary alicyclic amines) is 1. The zero-order chi connectivity index (χ0) is 21.5. The number of hydrogen-bond acceptors (Lipinski definition) is 4. The van der Waals surface area contributed by atoms with E-state index < -0.39 is 0 Å². The molecule has 164 valence electrons. The first-order valence-electron chi connectivity index (χ1n) is 10.5. The van der Waals surface area contributed by atoms with Gasteiger partial charge >= 0.3 is 0 Å². The van der Waals surface area contributed by atoms with Crippen molar-refractivity contribution in [1.29, 1.82) is 0 Å². The smallest absolute Gasteiger partial charge is 0.179 e. The van der Waals surface area contributed by atoms with Gasteiger partial charge in [0.15, 0.2) is 11.5 Å². The molecule has 6 heteroatoms. The number of ether oxygens (including phenoxy) is 2. The lowest BCUT2D eigenvalue weighted by molar-refractivity contribution is 0.142. The highest BCUT2D eigenvalue weighted by atomic mass is 35.5. The average Bonchev–Trinajstić information content (AvgIpc) is 2.73. The number of halogens is 2. The maximum atomic E-state index is 13.9. The Balaban J connectivity index is 1.52. The van der Waals surface area contributed by atoms with Crippen LogP contribution in [0.3, 0.4) is 0 Å². The van der Waals surface area contributed by atoms with E-state index in [1.165, 1.54) is 12.8 Å². The van der Waals surface area contributed by atoms with E-state index in [-0.39, 0.29) is 5.82 Å². The minimum atomic E-state index is -0.0978. The topological polar surface area (TPSA) is 24.9 Å². The van der Waals surface area contributed by atoms with Gasteiger partial charge in [0.1, 0.15) is 5.82 Å². The van der Waals surface area contributed by atoms with Crippen molar-refractivity contribution in [2.75, 3.05) is 47.4 Å². The molecule has 4 nitrogen and oxygen atoms in total. The lowest BCUT2D eigenvalue weighted by Crippen LogP contribution is -2.40. The number of rotatable bonds is 9. The summed E-state index contributed by atoms with van der Waals surface area (Å²) in [6.45, 7) is 4.88. The van der Waals surface area contributed by atoms with Crippen LogP contribution in [0.1, 0.15) is 24.0 Å². The Hall–Kier alpha value is -1.82. The molecule has 1 aliphatic rings. The molecule has 1 saturated heterocycles. The number of nitrogens with zero attached hydrogens (tertiary/aromatic N) is 2. The molecule has 0 unspecified atom stereocenters. The van der Waals surface area contributed by atoms with Crippen molar-refractivity contribution >= 4 is 11.6 Å². The van der Waals surface area contributed by atoms with E-state index in [9.17, 15) is 4.39 Å². The fourth-order valence-electron chi connectivity index (χ4n) is 4.36. The molecule has 3 rings (SSSR count). The van der Waals surface area contributed by atoms with Crippen molar-refractivity contribution in [2.24, 2.45) is 5.92 Å². The third kappa shape index (κ3) is 6.10. The van der Waals surface area contributed by atoms with Gasteiger partial charge in [-0.25, -0.2) is 4.39 Å². The Morgan fingerprint density at radius 2 is 2.00 bits per heavy atom. The Labute approximate surface area is 184 Å². The highest BCUT2D eigenvalue weighted by Crippen LogP contribution is 2.36. The summed E-state index contributed by atoms with van der Waals surface area (Å²) in [5.41, 5.74) is 1.91. The number of piperidine rings is 1. The van der Waals surface area contributed by atoms with Crippen LogP contribution in [0.15, 0.2) is 36.4 Å². The molecule has 2 aromatic rings. The van der Waals surface area contributed by atoms with Crippen LogP contribution < -0.4 is 9.47 Å². The van der Waals surface area contributed by atoms with E-state index in [0.717, 1.165) is 50.3 Å². The quantitative estimate of drug-likeness (QED) is 0.561. The molecule has 1 heterocycles. The third-order valence-electron chi connectivity index (χ3n) is 5.77. The summed E-state index contributed by atoms with van der Waals surface area (Å²) in [5.74, 6) is 1.74. The van der Waals surface area contributed by atoms with Gasteiger partial charge < -0.3 is 19.3 Å². The fraction of sp³-hybridized carbons (Fsp3) is 0.500. The Bertz CT molecular complexity index is 833. The highest BCUT2D eigenvalue weighted by molar-refractivity contribution is 6.32. The first-order chi connectivity index (χ1) is 14.5. The maximum absolute atomic E-state index is 13.9. The molecule has 30 heavy (non-hydrogen) atoms. The summed E-state index contributed by atoms with van der Waals surface area (Å²) in [6.07, 6.45) is 3.19. The first kappa shape index (κ1) is 22.9. The van der Waals surface area contributed by atoms with Crippen LogP contribution in [0.4, 0.5) is 4.39 Å². The number of benzene rings is 2. The van der Waals surface area contributed by atoms with Gasteiger partial charge in [0.05, 0.1) is 19.2 Å². The molecule has 0 aromatic heterocycles. The fourth-order valence-corrected chi connectivity index (χ4v) is 4.67. The second-order valence-corrected chi connectivity index (χ2v) is 8.57. The van der Waals surface area contributed by atoms with Crippen LogP contribution in [0.25, 0.3) is 0 Å². The van der Waals surface area contributed by atoms with Gasteiger partial charge in [0.25, 0.3) is 0 Å². The molecule has 0 bridgehead atoms. The molecule has 1 atom stereocenters. The van der Waals surface area contributed by atoms with Crippen LogP contribution in [-0.4, -0.2) is 57.2 Å². The van der Waals surface area contributed by atoms with Gasteiger partial charge in [0, 0.05) is 26.2 Å². The first-order valence-corrected chi connectivity index (χ1v) is 10.9. The molecule has 2 aromatic carbocycles. The van der Waals surface area contributed by atoms with Gasteiger partial charge in [-0.3, -0.25) is 0 Å². The van der Waals surface area contributed by atoms with E-state index in [2.05, 4.69) is 16.8 Å². The molecule has 0 saturated carbocycles. The predicted octanol–water partition coefficient (Wildman–Crippen LogP) is 4.88. The van der Waals surface area contributed by atoms with Gasteiger partial charge in [0.2, 0.25) is 0 Å². The van der Waals surface area contributed by atoms with E-state index in [1.54, 1.807) is 26.4 Å². The Morgan fingerprint density at radius 3 is 2.73 bits per heavy atom. The molecule has 1 fully saturated rings. The summed E-state index contributed by atoms with van der Waals surface area (Å²) in [7, 11) is 5.36. The van der Waals surface area contributed by atoms with Gasteiger partial charge in [-0.1, -0.05) is 29.8 Å². The van der Waals surface area contributed by atoms with Crippen LogP contribution in [0, 0.1) is 11.7 Å². The Morgan fingerprint density at radius 1 is 1.20 bits per heavy atom. The van der Waals surface area contributed by atoms with Gasteiger partial charge in [-0.2, -0.15) is 0 Å². The summed E-state index contributed by atoms with van der Waals surface area (Å²) in [6, 6.07) is 11.0. The lowest BCUT2D eigenvalue weighted by Gasteiger charge is -2.35. The van der Waals surface area contributed by atoms with E-state index in [0.29, 0.717) is 22.4 Å². The highest BCUT2D eigenvalue weighted by Gasteiger charge is 2.21. The minimum absolute atomic E-state index is 0.0978. The average molecular weight is 435 g/mol. The molecule has 1 aliphatic heterocycles. The number of hydrogen-bond donors (Lipinski definition) is 0. The zero-order valence-corrected chi connectivity index (χ0v) is 18.9. The minimum Gasteiger partial charge on any atom is -0.493 e. The van der Waals surface area contributed by atoms with E-state index in [4.69, 9.17) is 21.1 Å². The second-order valence-electron chi connectivity index (χ2n) is 8.16. The van der Waals surface area contributed by atoms with Crippen molar-refractivity contribution in [2.45, 2.75) is 25.8 Å². The molecule has 0 spiro atoms. The Kier molecular flexibility index (Phi) is 8.37. The summed E-state index contributed by atoms with van der Waals surface area (Å²) < 4.78 is 24.6. The third-order valence-corrected chi connectivity index (χ3v) is 6.05. The van der Waals surface area contributed by atoms with Crippen molar-refractivity contribution < 1.29 is 13.9 Å². The molecule has 0 N–H and O–H groups in total. The predicted molar refractivity (Wildman–Crippen MR) is 120 cm³/mol. The number of methoxy groups -OCH3 is 2. The summed E-state index contributed by atoms with van der Waals surface area (Å²) in [4.78, 5) is 4.81. The monoisotopic (exact) mass is 434 g/mol. The van der Waals surface area contributed by atoms with E-state index in [1.807, 2.05) is 24.3 Å². The molecule has 0 amide bonds. The van der Waals surface area contributed by atoms with Gasteiger partial charge in [-0.15, -0.1) is 0 Å². The molecular weight excluding hydrogens is 403 g/mol. The second kappa shape index (κ2) is 11.0. The van der Waals surface area contributed by atoms with Crippen molar-refractivity contribution in [1.82, 2.24) is 9.80 Å². The van der Waals surface area contributed by atoms with E-state index >= 15 is 0 Å². The van der Waals surface area contributed by atoms with Crippen molar-refractivity contribution in [3.63, 3.8) is 0 Å². The lowest BCUT2D eigenvalue weighted by atomic mass is 9.97. The summed E-state index contributed by atoms with van der Waals surface area (Å²) >= 11 is 6.35. The zero-order valence-electron chi connectivity index (χ0n) is 18.2. The molecular formula is C24H32ClFN2O2. The summed E-state index contributed by atoms with van der Waals surface area (Å²) in [5, 5.41) is 0.567. The van der Waals surface area contributed by atoms with Crippen LogP contribution >= 0.6 is 11.6 Å². The van der Waals surface area contributed by atoms with Gasteiger partial charge in [-0.05, 0) is 68.1 Å². The van der Waals surface area contributed by atoms with Crippen molar-refractivity contribution in [3.8, 4) is 11.5 Å². The van der Waals surface area contributed by atoms with Crippen LogP contribution in [0.2, 0.25) is 5.02 Å². The van der Waals surface area contributed by atoms with Crippen LogP contribution in [-0.2, 0) is 13.0 Å². The molecule has 0 aliphatic carbocycles. The molecule has 0 radical (unpaired) electrons.